The zero-order valence-electron chi connectivity index (χ0n) is 11.0. The molecule has 5 heteroatoms. The van der Waals surface area contributed by atoms with E-state index >= 15 is 0 Å². The van der Waals surface area contributed by atoms with Gasteiger partial charge in [0.15, 0.2) is 0 Å². The Labute approximate surface area is 122 Å². The zero-order chi connectivity index (χ0) is 14.5. The van der Waals surface area contributed by atoms with Gasteiger partial charge < -0.3 is 5.32 Å². The average Bonchev–Trinajstić information content (AvgIpc) is 2.45. The molecule has 3 nitrogen and oxygen atoms in total. The van der Waals surface area contributed by atoms with E-state index in [4.69, 9.17) is 11.6 Å². The van der Waals surface area contributed by atoms with E-state index in [0.29, 0.717) is 0 Å². The van der Waals surface area contributed by atoms with Crippen molar-refractivity contribution < 1.29 is 9.18 Å². The first-order valence-corrected chi connectivity index (χ1v) is 7.15. The molecule has 1 aliphatic carbocycles. The van der Waals surface area contributed by atoms with Crippen molar-refractivity contribution in [1.82, 2.24) is 5.32 Å². The Morgan fingerprint density at radius 2 is 2.10 bits per heavy atom. The summed E-state index contributed by atoms with van der Waals surface area (Å²) in [5.41, 5.74) is 0.198. The van der Waals surface area contributed by atoms with E-state index in [1.54, 1.807) is 0 Å². The van der Waals surface area contributed by atoms with Crippen LogP contribution in [0.5, 0.6) is 0 Å². The maximum Gasteiger partial charge on any atom is 0.253 e. The Morgan fingerprint density at radius 1 is 1.40 bits per heavy atom. The second-order valence-corrected chi connectivity index (χ2v) is 5.51. The molecule has 1 saturated carbocycles. The van der Waals surface area contributed by atoms with E-state index < -0.39 is 17.8 Å². The predicted molar refractivity (Wildman–Crippen MR) is 74.9 cm³/mol. The lowest BCUT2D eigenvalue weighted by Gasteiger charge is -2.26. The summed E-state index contributed by atoms with van der Waals surface area (Å²) in [7, 11) is 0. The molecule has 1 aromatic carbocycles. The summed E-state index contributed by atoms with van der Waals surface area (Å²) in [4.78, 5) is 12.1. The third-order valence-electron chi connectivity index (χ3n) is 3.72. The molecule has 1 atom stereocenters. The highest BCUT2D eigenvalue weighted by Crippen LogP contribution is 2.26. The number of nitrogens with zero attached hydrogens (tertiary/aromatic N) is 1. The summed E-state index contributed by atoms with van der Waals surface area (Å²) in [5, 5.41) is 12.0. The Balaban J connectivity index is 2.07. The van der Waals surface area contributed by atoms with Crippen LogP contribution in [0.1, 0.15) is 42.5 Å². The van der Waals surface area contributed by atoms with Crippen molar-refractivity contribution in [2.24, 2.45) is 5.92 Å². The molecule has 0 bridgehead atoms. The van der Waals surface area contributed by atoms with E-state index in [0.717, 1.165) is 31.7 Å². The first-order valence-electron chi connectivity index (χ1n) is 6.77. The second-order valence-electron chi connectivity index (χ2n) is 5.10. The number of nitriles is 1. The van der Waals surface area contributed by atoms with Gasteiger partial charge in [0.2, 0.25) is 0 Å². The van der Waals surface area contributed by atoms with Gasteiger partial charge in [-0.15, -0.1) is 0 Å². The summed E-state index contributed by atoms with van der Waals surface area (Å²) >= 11 is 5.85. The maximum atomic E-state index is 13.0. The fourth-order valence-corrected chi connectivity index (χ4v) is 2.87. The maximum absolute atomic E-state index is 13.0. The number of rotatable bonds is 3. The third kappa shape index (κ3) is 3.49. The topological polar surface area (TPSA) is 52.9 Å². The number of nitrogens with one attached hydrogen (secondary N) is 1. The fourth-order valence-electron chi connectivity index (χ4n) is 2.62. The molecule has 1 aromatic rings. The molecule has 1 fully saturated rings. The van der Waals surface area contributed by atoms with Crippen molar-refractivity contribution in [2.45, 2.75) is 38.1 Å². The van der Waals surface area contributed by atoms with Crippen LogP contribution in [0.25, 0.3) is 0 Å². The molecule has 106 valence electrons. The Kier molecular flexibility index (Phi) is 4.97. The van der Waals surface area contributed by atoms with E-state index in [-0.39, 0.29) is 16.5 Å². The molecule has 1 N–H and O–H groups in total. The van der Waals surface area contributed by atoms with Gasteiger partial charge in [0.05, 0.1) is 16.7 Å². The molecule has 2 rings (SSSR count). The van der Waals surface area contributed by atoms with Crippen molar-refractivity contribution in [3.8, 4) is 6.07 Å². The third-order valence-corrected chi connectivity index (χ3v) is 4.04. The van der Waals surface area contributed by atoms with Crippen LogP contribution in [-0.2, 0) is 0 Å². The molecule has 1 aliphatic rings. The van der Waals surface area contributed by atoms with Crippen molar-refractivity contribution in [3.63, 3.8) is 0 Å². The van der Waals surface area contributed by atoms with E-state index in [1.807, 2.05) is 0 Å². The van der Waals surface area contributed by atoms with Crippen LogP contribution in [0.2, 0.25) is 5.02 Å². The number of carbonyl (C=O) groups is 1. The van der Waals surface area contributed by atoms with E-state index in [9.17, 15) is 14.4 Å². The lowest BCUT2D eigenvalue weighted by Crippen LogP contribution is -2.40. The van der Waals surface area contributed by atoms with Gasteiger partial charge in [0.25, 0.3) is 5.91 Å². The van der Waals surface area contributed by atoms with Crippen LogP contribution in [0.4, 0.5) is 4.39 Å². The van der Waals surface area contributed by atoms with Crippen LogP contribution >= 0.6 is 11.6 Å². The lowest BCUT2D eigenvalue weighted by atomic mass is 9.84. The minimum absolute atomic E-state index is 0.0582. The van der Waals surface area contributed by atoms with E-state index in [2.05, 4.69) is 11.4 Å². The Hall–Kier alpha value is -1.60. The number of halogens is 2. The van der Waals surface area contributed by atoms with Crippen LogP contribution in [-0.4, -0.2) is 11.9 Å². The van der Waals surface area contributed by atoms with Gasteiger partial charge >= 0.3 is 0 Å². The van der Waals surface area contributed by atoms with Crippen molar-refractivity contribution in [2.75, 3.05) is 0 Å². The molecule has 20 heavy (non-hydrogen) atoms. The molecule has 0 saturated heterocycles. The summed E-state index contributed by atoms with van der Waals surface area (Å²) in [6, 6.07) is 5.26. The van der Waals surface area contributed by atoms with Crippen LogP contribution < -0.4 is 5.32 Å². The SMILES string of the molecule is N#CC(NC(=O)c1ccc(F)cc1Cl)C1CCCCC1. The number of amides is 1. The van der Waals surface area contributed by atoms with E-state index in [1.165, 1.54) is 18.6 Å². The van der Waals surface area contributed by atoms with Gasteiger partial charge in [-0.1, -0.05) is 30.9 Å². The van der Waals surface area contributed by atoms with Gasteiger partial charge in [0, 0.05) is 0 Å². The number of carbonyl (C=O) groups excluding carboxylic acids is 1. The summed E-state index contributed by atoms with van der Waals surface area (Å²) in [6.45, 7) is 0. The number of benzene rings is 1. The van der Waals surface area contributed by atoms with Crippen LogP contribution in [0.15, 0.2) is 18.2 Å². The van der Waals surface area contributed by atoms with Gasteiger partial charge in [-0.25, -0.2) is 4.39 Å². The quantitative estimate of drug-likeness (QED) is 0.924. The molecule has 1 amide bonds. The first kappa shape index (κ1) is 14.8. The molecule has 0 aliphatic heterocycles. The molecular weight excluding hydrogens is 279 g/mol. The second kappa shape index (κ2) is 6.71. The first-order chi connectivity index (χ1) is 9.61. The average molecular weight is 295 g/mol. The molecule has 0 radical (unpaired) electrons. The van der Waals surface area contributed by atoms with Crippen molar-refractivity contribution in [1.29, 1.82) is 5.26 Å². The van der Waals surface area contributed by atoms with Crippen molar-refractivity contribution in [3.05, 3.63) is 34.6 Å². The Morgan fingerprint density at radius 3 is 2.70 bits per heavy atom. The summed E-state index contributed by atoms with van der Waals surface area (Å²) in [5.74, 6) is -0.722. The normalized spacial score (nSPS) is 17.2. The van der Waals surface area contributed by atoms with Gasteiger partial charge in [-0.05, 0) is 37.0 Å². The van der Waals surface area contributed by atoms with Crippen molar-refractivity contribution >= 4 is 17.5 Å². The number of hydrogen-bond acceptors (Lipinski definition) is 2. The monoisotopic (exact) mass is 294 g/mol. The minimum Gasteiger partial charge on any atom is -0.336 e. The largest absolute Gasteiger partial charge is 0.336 e. The lowest BCUT2D eigenvalue weighted by molar-refractivity contribution is 0.0929. The molecule has 0 spiro atoms. The smallest absolute Gasteiger partial charge is 0.253 e. The molecule has 1 unspecified atom stereocenters. The standard InChI is InChI=1S/C15H16ClFN2O/c16-13-8-11(17)6-7-12(13)15(20)19-14(9-18)10-4-2-1-3-5-10/h6-8,10,14H,1-5H2,(H,19,20). The number of hydrogen-bond donors (Lipinski definition) is 1. The van der Waals surface area contributed by atoms with Crippen LogP contribution in [0, 0.1) is 23.1 Å². The van der Waals surface area contributed by atoms with Crippen LogP contribution in [0.3, 0.4) is 0 Å². The highest BCUT2D eigenvalue weighted by atomic mass is 35.5. The predicted octanol–water partition coefficient (Wildman–Crippen LogP) is 3.68. The highest BCUT2D eigenvalue weighted by molar-refractivity contribution is 6.33. The molecular formula is C15H16ClFN2O. The fraction of sp³-hybridized carbons (Fsp3) is 0.467. The minimum atomic E-state index is -0.510. The van der Waals surface area contributed by atoms with Gasteiger partial charge in [0.1, 0.15) is 11.9 Å². The van der Waals surface area contributed by atoms with Gasteiger partial charge in [-0.3, -0.25) is 4.79 Å². The summed E-state index contributed by atoms with van der Waals surface area (Å²) < 4.78 is 13.0. The molecule has 0 heterocycles. The molecule has 0 aromatic heterocycles. The summed E-state index contributed by atoms with van der Waals surface area (Å²) in [6.07, 6.45) is 5.28. The Bertz CT molecular complexity index is 535. The van der Waals surface area contributed by atoms with Gasteiger partial charge in [-0.2, -0.15) is 5.26 Å². The highest BCUT2D eigenvalue weighted by Gasteiger charge is 2.25. The zero-order valence-corrected chi connectivity index (χ0v) is 11.8.